The lowest BCUT2D eigenvalue weighted by Crippen LogP contribution is -2.30. The van der Waals surface area contributed by atoms with E-state index >= 15 is 0 Å². The minimum atomic E-state index is -4.12. The smallest absolute Gasteiger partial charge is 0.264 e. The van der Waals surface area contributed by atoms with Gasteiger partial charge in [0.05, 0.1) is 21.8 Å². The largest absolute Gasteiger partial charge is 0.755 e. The maximum Gasteiger partial charge on any atom is 0.264 e. The van der Waals surface area contributed by atoms with Crippen LogP contribution in [0.15, 0.2) is 83.1 Å². The summed E-state index contributed by atoms with van der Waals surface area (Å²) in [6, 6.07) is 17.3. The number of benzene rings is 3. The van der Waals surface area contributed by atoms with Crippen molar-refractivity contribution in [2.75, 3.05) is 4.31 Å². The van der Waals surface area contributed by atoms with Crippen LogP contribution in [0, 0.1) is 5.82 Å². The van der Waals surface area contributed by atoms with Crippen molar-refractivity contribution >= 4 is 50.0 Å². The number of halogens is 1. The molecule has 0 radical (unpaired) electrons. The molecule has 3 aromatic carbocycles. The Labute approximate surface area is 226 Å². The summed E-state index contributed by atoms with van der Waals surface area (Å²) in [6.07, 6.45) is 0. The summed E-state index contributed by atoms with van der Waals surface area (Å²) in [5.74, 6) is -1.15. The second-order valence-electron chi connectivity index (χ2n) is 9.29. The number of rotatable bonds is 7. The van der Waals surface area contributed by atoms with Gasteiger partial charge in [0.2, 0.25) is 0 Å². The molecule has 0 spiro atoms. The van der Waals surface area contributed by atoms with E-state index in [1.54, 1.807) is 12.1 Å². The van der Waals surface area contributed by atoms with Crippen LogP contribution in [0.1, 0.15) is 36.7 Å². The Balaban J connectivity index is 1.52. The number of nitrogens with zero attached hydrogens (tertiary/aromatic N) is 2. The highest BCUT2D eigenvalue weighted by Gasteiger charge is 2.21. The third-order valence-electron chi connectivity index (χ3n) is 5.56. The molecule has 1 heterocycles. The van der Waals surface area contributed by atoms with Crippen molar-refractivity contribution in [3.63, 3.8) is 0 Å². The lowest BCUT2D eigenvalue weighted by atomic mass is 9.87. The van der Waals surface area contributed by atoms with Gasteiger partial charge in [0.25, 0.3) is 15.9 Å². The molecule has 12 heteroatoms. The van der Waals surface area contributed by atoms with Crippen molar-refractivity contribution in [1.82, 2.24) is 9.71 Å². The number of carbonyl (C=O) groups excluding carboxylic acids is 1. The first kappa shape index (κ1) is 27.6. The van der Waals surface area contributed by atoms with Gasteiger partial charge < -0.3 is 4.55 Å². The Kier molecular flexibility index (Phi) is 7.79. The van der Waals surface area contributed by atoms with Crippen molar-refractivity contribution in [2.24, 2.45) is 0 Å². The van der Waals surface area contributed by atoms with Crippen LogP contribution in [0.3, 0.4) is 0 Å². The van der Waals surface area contributed by atoms with E-state index in [1.165, 1.54) is 77.4 Å². The molecule has 4 aromatic rings. The highest BCUT2D eigenvalue weighted by molar-refractivity contribution is 7.90. The Bertz CT molecular complexity index is 1580. The van der Waals surface area contributed by atoms with E-state index < -0.39 is 33.0 Å². The minimum absolute atomic E-state index is 0.0190. The fourth-order valence-electron chi connectivity index (χ4n) is 3.50. The zero-order valence-corrected chi connectivity index (χ0v) is 23.0. The Hall–Kier alpha value is -3.45. The van der Waals surface area contributed by atoms with Crippen LogP contribution in [0.5, 0.6) is 0 Å². The number of amides is 1. The highest BCUT2D eigenvalue weighted by atomic mass is 32.2. The lowest BCUT2D eigenvalue weighted by Gasteiger charge is -2.24. The van der Waals surface area contributed by atoms with Gasteiger partial charge in [0, 0.05) is 16.5 Å². The van der Waals surface area contributed by atoms with E-state index in [4.69, 9.17) is 0 Å². The quantitative estimate of drug-likeness (QED) is 0.300. The topological polar surface area (TPSA) is 120 Å². The molecule has 38 heavy (non-hydrogen) atoms. The van der Waals surface area contributed by atoms with Crippen molar-refractivity contribution in [3.05, 3.63) is 95.1 Å². The molecule has 8 nitrogen and oxygen atoms in total. The van der Waals surface area contributed by atoms with Crippen LogP contribution < -0.4 is 9.03 Å². The molecule has 0 bridgehead atoms. The Morgan fingerprint density at radius 1 is 1.00 bits per heavy atom. The average molecular weight is 573 g/mol. The number of thiazole rings is 1. The van der Waals surface area contributed by atoms with E-state index in [9.17, 15) is 26.4 Å². The van der Waals surface area contributed by atoms with Crippen molar-refractivity contribution in [1.29, 1.82) is 0 Å². The third kappa shape index (κ3) is 6.16. The third-order valence-corrected chi connectivity index (χ3v) is 8.48. The van der Waals surface area contributed by atoms with Gasteiger partial charge in [-0.1, -0.05) is 32.9 Å². The summed E-state index contributed by atoms with van der Waals surface area (Å²) in [6.45, 7) is 6.01. The van der Waals surface area contributed by atoms with Gasteiger partial charge in [-0.2, -0.15) is 0 Å². The summed E-state index contributed by atoms with van der Waals surface area (Å²) >= 11 is -1.56. The molecule has 1 unspecified atom stereocenters. The van der Waals surface area contributed by atoms with Gasteiger partial charge in [-0.15, -0.1) is 11.3 Å². The number of aromatic nitrogens is 1. The van der Waals surface area contributed by atoms with Gasteiger partial charge in [-0.3, -0.25) is 13.3 Å². The number of sulfonamides is 1. The van der Waals surface area contributed by atoms with E-state index in [0.717, 1.165) is 9.87 Å². The summed E-state index contributed by atoms with van der Waals surface area (Å²) < 4.78 is 65.7. The number of hydrogen-bond acceptors (Lipinski definition) is 7. The van der Waals surface area contributed by atoms with E-state index in [0.29, 0.717) is 10.6 Å². The van der Waals surface area contributed by atoms with Crippen LogP contribution in [0.4, 0.5) is 15.9 Å². The molecule has 0 aliphatic carbocycles. The van der Waals surface area contributed by atoms with Gasteiger partial charge in [-0.25, -0.2) is 22.5 Å². The summed E-state index contributed by atoms with van der Waals surface area (Å²) in [4.78, 5) is 17.0. The predicted molar refractivity (Wildman–Crippen MR) is 145 cm³/mol. The van der Waals surface area contributed by atoms with Gasteiger partial charge >= 0.3 is 0 Å². The molecule has 1 aromatic heterocycles. The molecular weight excluding hydrogens is 550 g/mol. The highest BCUT2D eigenvalue weighted by Crippen LogP contribution is 2.32. The number of hydrogen-bond donors (Lipinski definition) is 1. The first-order valence-electron chi connectivity index (χ1n) is 11.2. The molecule has 0 saturated heterocycles. The summed E-state index contributed by atoms with van der Waals surface area (Å²) in [5, 5.41) is 2.03. The SMILES string of the molecule is CC(C)(C)c1ccc(S(=O)(=O)NC(=O)c2ccc(N(c3csc(-c4ccc(F)cc4)n3)S(=O)[O-])cc2)cc1. The predicted octanol–water partition coefficient (Wildman–Crippen LogP) is 5.30. The summed E-state index contributed by atoms with van der Waals surface area (Å²) in [7, 11) is -4.12. The second-order valence-corrected chi connectivity index (χ2v) is 12.6. The first-order valence-corrected chi connectivity index (χ1v) is 14.6. The number of anilines is 2. The first-order chi connectivity index (χ1) is 17.8. The minimum Gasteiger partial charge on any atom is -0.755 e. The molecule has 0 fully saturated rings. The lowest BCUT2D eigenvalue weighted by molar-refractivity contribution is 0.0981. The van der Waals surface area contributed by atoms with Crippen LogP contribution >= 0.6 is 11.3 Å². The van der Waals surface area contributed by atoms with Crippen molar-refractivity contribution in [2.45, 2.75) is 31.1 Å². The molecule has 1 amide bonds. The van der Waals surface area contributed by atoms with Crippen LogP contribution in [-0.4, -0.2) is 28.1 Å². The second kappa shape index (κ2) is 10.7. The fourth-order valence-corrected chi connectivity index (χ4v) is 5.88. The number of nitrogens with one attached hydrogen (secondary N) is 1. The zero-order chi connectivity index (χ0) is 27.7. The molecule has 4 rings (SSSR count). The molecular formula is C26H23FN3O5S3-. The number of carbonyl (C=O) groups is 1. The van der Waals surface area contributed by atoms with Crippen LogP contribution in [-0.2, 0) is 26.7 Å². The maximum atomic E-state index is 13.2. The molecule has 0 saturated carbocycles. The molecule has 0 aliphatic heterocycles. The molecule has 1 atom stereocenters. The molecule has 198 valence electrons. The molecule has 0 aliphatic rings. The van der Waals surface area contributed by atoms with Crippen LogP contribution in [0.25, 0.3) is 10.6 Å². The standard InChI is InChI=1S/C26H24FN3O5S3/c1-26(2,3)19-8-14-22(15-9-19)38(34,35)29-24(31)17-6-12-21(13-7-17)30(37(32)33)23-16-36-25(28-23)18-4-10-20(27)11-5-18/h4-16H,1-3H3,(H,29,31)(H,32,33)/p-1. The van der Waals surface area contributed by atoms with Crippen molar-refractivity contribution < 1.29 is 26.4 Å². The van der Waals surface area contributed by atoms with Crippen LogP contribution in [0.2, 0.25) is 0 Å². The fraction of sp³-hybridized carbons (Fsp3) is 0.154. The van der Waals surface area contributed by atoms with E-state index in [1.807, 2.05) is 25.5 Å². The van der Waals surface area contributed by atoms with E-state index in [2.05, 4.69) is 4.98 Å². The molecule has 1 N–H and O–H groups in total. The van der Waals surface area contributed by atoms with Gasteiger partial charge in [0.1, 0.15) is 10.8 Å². The average Bonchev–Trinajstić information content (AvgIpc) is 3.33. The van der Waals surface area contributed by atoms with E-state index in [-0.39, 0.29) is 27.4 Å². The summed E-state index contributed by atoms with van der Waals surface area (Å²) in [5.41, 5.74) is 1.62. The normalized spacial score (nSPS) is 12.7. The maximum absolute atomic E-state index is 13.2. The van der Waals surface area contributed by atoms with Gasteiger partial charge in [-0.05, 0) is 71.6 Å². The van der Waals surface area contributed by atoms with Gasteiger partial charge in [0.15, 0.2) is 5.82 Å². The Morgan fingerprint density at radius 2 is 1.61 bits per heavy atom. The van der Waals surface area contributed by atoms with Crippen molar-refractivity contribution in [3.8, 4) is 10.6 Å². The Morgan fingerprint density at radius 3 is 2.16 bits per heavy atom. The zero-order valence-electron chi connectivity index (χ0n) is 20.5. The monoisotopic (exact) mass is 572 g/mol.